The van der Waals surface area contributed by atoms with Gasteiger partial charge in [0.25, 0.3) is 5.91 Å². The molecule has 3 aromatic carbocycles. The molecule has 5 rings (SSSR count). The van der Waals surface area contributed by atoms with Crippen LogP contribution in [-0.2, 0) is 44.2 Å². The lowest BCUT2D eigenvalue weighted by atomic mass is 10.0. The van der Waals surface area contributed by atoms with E-state index in [1.165, 1.54) is 18.2 Å². The third kappa shape index (κ3) is 7.63. The Kier molecular flexibility index (Phi) is 9.68. The first kappa shape index (κ1) is 33.6. The van der Waals surface area contributed by atoms with E-state index in [1.54, 1.807) is 81.4 Å². The van der Waals surface area contributed by atoms with Crippen LogP contribution < -0.4 is 5.32 Å². The molecule has 3 aromatic rings. The first-order chi connectivity index (χ1) is 22.2. The Hall–Kier alpha value is -4.75. The standard InChI is InChI=1S/C34H34N2O9S2/c1-22-15-17-26(18-16-22)47(41,42)43-20-19-25-21-46(40)31-27(35-33(39)45-34(2,3)4)30(37)36(31)28(25)32(38)44-29(23-11-7-5-8-12-23)24-13-9-6-10-14-24/h5-20,27,29,31H,21H2,1-4H3,(H,35,39)/b20-19+/t27-,31-,46?/m1/s1. The number of esters is 1. The average molecular weight is 679 g/mol. The second-order valence-electron chi connectivity index (χ2n) is 11.9. The van der Waals surface area contributed by atoms with Crippen molar-refractivity contribution in [3.05, 3.63) is 125 Å². The van der Waals surface area contributed by atoms with Gasteiger partial charge in [0.2, 0.25) is 0 Å². The zero-order chi connectivity index (χ0) is 33.9. The maximum atomic E-state index is 14.1. The normalized spacial score (nSPS) is 19.6. The summed E-state index contributed by atoms with van der Waals surface area (Å²) in [6, 6.07) is 22.8. The summed E-state index contributed by atoms with van der Waals surface area (Å²) in [5.41, 5.74) is 1.13. The lowest BCUT2D eigenvalue weighted by Crippen LogP contribution is -2.73. The molecule has 0 saturated carbocycles. The van der Waals surface area contributed by atoms with Crippen LogP contribution in [0.3, 0.4) is 0 Å². The van der Waals surface area contributed by atoms with E-state index < -0.39 is 62.0 Å². The monoisotopic (exact) mass is 678 g/mol. The van der Waals surface area contributed by atoms with Gasteiger partial charge < -0.3 is 19.0 Å². The molecule has 2 aliphatic rings. The number of carbonyl (C=O) groups is 3. The van der Waals surface area contributed by atoms with Crippen molar-refractivity contribution in [2.24, 2.45) is 0 Å². The highest BCUT2D eigenvalue weighted by molar-refractivity contribution is 7.87. The highest BCUT2D eigenvalue weighted by Crippen LogP contribution is 2.38. The predicted molar refractivity (Wildman–Crippen MR) is 173 cm³/mol. The van der Waals surface area contributed by atoms with E-state index in [0.29, 0.717) is 11.1 Å². The predicted octanol–water partition coefficient (Wildman–Crippen LogP) is 4.62. The Morgan fingerprint density at radius 1 is 0.957 bits per heavy atom. The first-order valence-electron chi connectivity index (χ1n) is 14.7. The molecule has 0 spiro atoms. The van der Waals surface area contributed by atoms with Crippen LogP contribution in [-0.4, -0.2) is 58.3 Å². The van der Waals surface area contributed by atoms with Crippen molar-refractivity contribution < 1.29 is 40.7 Å². The average Bonchev–Trinajstić information content (AvgIpc) is 3.02. The summed E-state index contributed by atoms with van der Waals surface area (Å²) in [6.45, 7) is 6.79. The van der Waals surface area contributed by atoms with Gasteiger partial charge in [0, 0.05) is 0 Å². The van der Waals surface area contributed by atoms with Crippen LogP contribution in [0.4, 0.5) is 4.79 Å². The highest BCUT2D eigenvalue weighted by atomic mass is 32.2. The van der Waals surface area contributed by atoms with E-state index in [0.717, 1.165) is 16.7 Å². The van der Waals surface area contributed by atoms with Crippen LogP contribution in [0.1, 0.15) is 43.6 Å². The summed E-state index contributed by atoms with van der Waals surface area (Å²) in [5.74, 6) is -1.90. The van der Waals surface area contributed by atoms with E-state index in [9.17, 15) is 27.0 Å². The molecule has 1 fully saturated rings. The second kappa shape index (κ2) is 13.5. The number of hydrogen-bond donors (Lipinski definition) is 1. The van der Waals surface area contributed by atoms with Crippen LogP contribution >= 0.6 is 0 Å². The van der Waals surface area contributed by atoms with Crippen molar-refractivity contribution in [3.8, 4) is 0 Å². The van der Waals surface area contributed by atoms with Gasteiger partial charge in [-0.25, -0.2) is 9.59 Å². The number of nitrogens with one attached hydrogen (secondary N) is 1. The Labute approximate surface area is 275 Å². The van der Waals surface area contributed by atoms with Crippen LogP contribution in [0.15, 0.2) is 113 Å². The van der Waals surface area contributed by atoms with E-state index in [1.807, 2.05) is 19.1 Å². The summed E-state index contributed by atoms with van der Waals surface area (Å²) < 4.78 is 55.5. The first-order valence-corrected chi connectivity index (χ1v) is 17.4. The summed E-state index contributed by atoms with van der Waals surface area (Å²) in [4.78, 5) is 41.0. The van der Waals surface area contributed by atoms with Gasteiger partial charge in [0.05, 0.1) is 16.6 Å². The molecule has 1 N–H and O–H groups in total. The molecule has 246 valence electrons. The van der Waals surface area contributed by atoms with Crippen molar-refractivity contribution in [1.29, 1.82) is 0 Å². The molecular weight excluding hydrogens is 645 g/mol. The molecule has 2 aliphatic heterocycles. The molecule has 2 heterocycles. The van der Waals surface area contributed by atoms with E-state index in [-0.39, 0.29) is 21.9 Å². The fraction of sp³-hybridized carbons (Fsp3) is 0.265. The SMILES string of the molecule is Cc1ccc(S(=O)(=O)O/C=C/C2=C(C(=O)OC(c3ccccc3)c3ccccc3)N3C(=O)[C@@H](NC(=O)OC(C)(C)C)[C@H]3S(=O)C2)cc1. The van der Waals surface area contributed by atoms with Crippen LogP contribution in [0.25, 0.3) is 0 Å². The Balaban J connectivity index is 1.49. The third-order valence-corrected chi connectivity index (χ3v) is 10.0. The van der Waals surface area contributed by atoms with Crippen molar-refractivity contribution in [2.45, 2.75) is 55.7 Å². The molecule has 0 aromatic heterocycles. The quantitative estimate of drug-likeness (QED) is 0.148. The van der Waals surface area contributed by atoms with Crippen molar-refractivity contribution in [3.63, 3.8) is 0 Å². The van der Waals surface area contributed by atoms with E-state index in [4.69, 9.17) is 13.7 Å². The summed E-state index contributed by atoms with van der Waals surface area (Å²) in [5, 5.41) is 1.36. The fourth-order valence-electron chi connectivity index (χ4n) is 5.05. The molecule has 47 heavy (non-hydrogen) atoms. The number of rotatable bonds is 9. The van der Waals surface area contributed by atoms with Crippen LogP contribution in [0.2, 0.25) is 0 Å². The molecule has 1 saturated heterocycles. The molecular formula is C34H34N2O9S2. The van der Waals surface area contributed by atoms with Gasteiger partial charge in [0.15, 0.2) is 6.10 Å². The topological polar surface area (TPSA) is 145 Å². The van der Waals surface area contributed by atoms with Crippen LogP contribution in [0, 0.1) is 6.92 Å². The van der Waals surface area contributed by atoms with Gasteiger partial charge in [-0.15, -0.1) is 0 Å². The number of hydrogen-bond acceptors (Lipinski definition) is 9. The minimum Gasteiger partial charge on any atom is -0.448 e. The van der Waals surface area contributed by atoms with Gasteiger partial charge >= 0.3 is 22.2 Å². The molecule has 0 aliphatic carbocycles. The molecule has 13 heteroatoms. The summed E-state index contributed by atoms with van der Waals surface area (Å²) in [6.07, 6.45) is 0.285. The molecule has 11 nitrogen and oxygen atoms in total. The molecule has 0 bridgehead atoms. The highest BCUT2D eigenvalue weighted by Gasteiger charge is 2.57. The largest absolute Gasteiger partial charge is 0.448 e. The number of benzene rings is 3. The van der Waals surface area contributed by atoms with Gasteiger partial charge in [-0.3, -0.25) is 13.9 Å². The van der Waals surface area contributed by atoms with Crippen molar-refractivity contribution in [2.75, 3.05) is 5.75 Å². The number of carbonyl (C=O) groups excluding carboxylic acids is 3. The molecule has 1 unspecified atom stereocenters. The number of allylic oxidation sites excluding steroid dienone is 1. The summed E-state index contributed by atoms with van der Waals surface area (Å²) in [7, 11) is -6.04. The number of β-lactam (4-membered cyclic amide) rings is 1. The number of aryl methyl sites for hydroxylation is 1. The second-order valence-corrected chi connectivity index (χ2v) is 15.0. The lowest BCUT2D eigenvalue weighted by Gasteiger charge is -2.49. The van der Waals surface area contributed by atoms with E-state index in [2.05, 4.69) is 5.32 Å². The fourth-order valence-corrected chi connectivity index (χ4v) is 7.47. The smallest absolute Gasteiger partial charge is 0.408 e. The molecule has 0 radical (unpaired) electrons. The Morgan fingerprint density at radius 2 is 1.53 bits per heavy atom. The Bertz CT molecular complexity index is 1810. The maximum absolute atomic E-state index is 14.1. The number of amides is 2. The maximum Gasteiger partial charge on any atom is 0.408 e. The minimum atomic E-state index is -4.22. The number of alkyl carbamates (subject to hydrolysis) is 1. The van der Waals surface area contributed by atoms with E-state index >= 15 is 0 Å². The molecule has 3 atom stereocenters. The third-order valence-electron chi connectivity index (χ3n) is 7.21. The van der Waals surface area contributed by atoms with Crippen LogP contribution in [0.5, 0.6) is 0 Å². The number of ether oxygens (including phenoxy) is 2. The number of fused-ring (bicyclic) bond motifs is 1. The lowest BCUT2D eigenvalue weighted by molar-refractivity contribution is -0.153. The molecule has 2 amide bonds. The Morgan fingerprint density at radius 3 is 2.09 bits per heavy atom. The van der Waals surface area contributed by atoms with Gasteiger partial charge in [0.1, 0.15) is 33.9 Å². The summed E-state index contributed by atoms with van der Waals surface area (Å²) >= 11 is 0. The minimum absolute atomic E-state index is 0.0487. The zero-order valence-corrected chi connectivity index (χ0v) is 27.7. The van der Waals surface area contributed by atoms with Crippen molar-refractivity contribution in [1.82, 2.24) is 10.2 Å². The van der Waals surface area contributed by atoms with Gasteiger partial charge in [-0.2, -0.15) is 8.42 Å². The van der Waals surface area contributed by atoms with Gasteiger partial charge in [-0.1, -0.05) is 78.4 Å². The van der Waals surface area contributed by atoms with Crippen molar-refractivity contribution >= 4 is 38.9 Å². The van der Waals surface area contributed by atoms with Gasteiger partial charge in [-0.05, 0) is 62.6 Å². The number of nitrogens with zero attached hydrogens (tertiary/aromatic N) is 1. The zero-order valence-electron chi connectivity index (χ0n) is 26.1.